The van der Waals surface area contributed by atoms with Gasteiger partial charge in [0.15, 0.2) is 0 Å². The van der Waals surface area contributed by atoms with E-state index in [9.17, 15) is 13.2 Å². The highest BCUT2D eigenvalue weighted by Crippen LogP contribution is 2.07. The van der Waals surface area contributed by atoms with Crippen molar-refractivity contribution >= 4 is 15.9 Å². The molecule has 0 atom stereocenters. The largest absolute Gasteiger partial charge is 0.369 e. The molecule has 18 heavy (non-hydrogen) atoms. The quantitative estimate of drug-likeness (QED) is 0.867. The van der Waals surface area contributed by atoms with Gasteiger partial charge in [0.25, 0.3) is 0 Å². The van der Waals surface area contributed by atoms with Crippen molar-refractivity contribution in [3.05, 3.63) is 35.9 Å². The van der Waals surface area contributed by atoms with Gasteiger partial charge in [0.05, 0.1) is 12.8 Å². The predicted molar refractivity (Wildman–Crippen MR) is 72.2 cm³/mol. The van der Waals surface area contributed by atoms with E-state index in [4.69, 9.17) is 5.73 Å². The van der Waals surface area contributed by atoms with Crippen LogP contribution in [-0.4, -0.2) is 31.4 Å². The monoisotopic (exact) mass is 272 g/mol. The van der Waals surface area contributed by atoms with E-state index in [0.29, 0.717) is 0 Å². The molecule has 0 spiro atoms. The molecule has 1 amide bonds. The summed E-state index contributed by atoms with van der Waals surface area (Å²) in [5.74, 6) is -0.665. The molecule has 0 radical (unpaired) electrons. The topological polar surface area (TPSA) is 80.5 Å². The summed E-state index contributed by atoms with van der Waals surface area (Å²) in [5.41, 5.74) is 5.81. The van der Waals surface area contributed by atoms with Gasteiger partial charge in [-0.15, -0.1) is 0 Å². The van der Waals surface area contributed by atoms with Crippen LogP contribution >= 0.6 is 0 Å². The molecular formula is C12H20N2O3S. The standard InChI is InChI=1S/C10H14N2O3S.C2H6/c1-16(14,15)12(8-10(11)13)7-9-5-3-2-4-6-9;1-2/h2-6H,7-8H2,1H3,(H2,11,13);1-2H3. The number of amides is 1. The molecule has 0 bridgehead atoms. The first-order chi connectivity index (χ1) is 8.39. The lowest BCUT2D eigenvalue weighted by molar-refractivity contribution is -0.118. The average Bonchev–Trinajstić information content (AvgIpc) is 2.30. The van der Waals surface area contributed by atoms with Crippen LogP contribution in [0, 0.1) is 0 Å². The first kappa shape index (κ1) is 16.6. The van der Waals surface area contributed by atoms with Crippen molar-refractivity contribution in [1.29, 1.82) is 0 Å². The zero-order valence-corrected chi connectivity index (χ0v) is 11.8. The first-order valence-corrected chi connectivity index (χ1v) is 7.52. The van der Waals surface area contributed by atoms with Crippen LogP contribution in [0.25, 0.3) is 0 Å². The minimum atomic E-state index is -3.43. The lowest BCUT2D eigenvalue weighted by Gasteiger charge is -2.18. The first-order valence-electron chi connectivity index (χ1n) is 5.67. The Kier molecular flexibility index (Phi) is 7.23. The van der Waals surface area contributed by atoms with Crippen LogP contribution in [0.4, 0.5) is 0 Å². The second-order valence-corrected chi connectivity index (χ2v) is 5.47. The third-order valence-electron chi connectivity index (χ3n) is 2.00. The number of nitrogens with two attached hydrogens (primary N) is 1. The highest BCUT2D eigenvalue weighted by Gasteiger charge is 2.18. The van der Waals surface area contributed by atoms with Crippen LogP contribution in [-0.2, 0) is 21.4 Å². The third kappa shape index (κ3) is 6.36. The molecule has 0 aromatic heterocycles. The smallest absolute Gasteiger partial charge is 0.232 e. The molecule has 0 aliphatic carbocycles. The summed E-state index contributed by atoms with van der Waals surface area (Å²) >= 11 is 0. The van der Waals surface area contributed by atoms with E-state index in [2.05, 4.69) is 0 Å². The van der Waals surface area contributed by atoms with Crippen LogP contribution in [0.2, 0.25) is 0 Å². The normalized spacial score (nSPS) is 10.7. The molecule has 0 heterocycles. The zero-order chi connectivity index (χ0) is 14.2. The molecule has 102 valence electrons. The van der Waals surface area contributed by atoms with Crippen LogP contribution in [0.1, 0.15) is 19.4 Å². The number of rotatable bonds is 5. The van der Waals surface area contributed by atoms with E-state index in [-0.39, 0.29) is 13.1 Å². The average molecular weight is 272 g/mol. The Morgan fingerprint density at radius 2 is 1.72 bits per heavy atom. The van der Waals surface area contributed by atoms with Crippen molar-refractivity contribution in [3.63, 3.8) is 0 Å². The van der Waals surface area contributed by atoms with Gasteiger partial charge >= 0.3 is 0 Å². The van der Waals surface area contributed by atoms with Gasteiger partial charge < -0.3 is 5.73 Å². The molecule has 1 rings (SSSR count). The highest BCUT2D eigenvalue weighted by atomic mass is 32.2. The Morgan fingerprint density at radius 3 is 2.11 bits per heavy atom. The fourth-order valence-corrected chi connectivity index (χ4v) is 2.00. The summed E-state index contributed by atoms with van der Waals surface area (Å²) < 4.78 is 23.8. The molecule has 5 nitrogen and oxygen atoms in total. The van der Waals surface area contributed by atoms with E-state index in [1.54, 1.807) is 24.3 Å². The Labute approximate surface area is 109 Å². The maximum Gasteiger partial charge on any atom is 0.232 e. The van der Waals surface area contributed by atoms with Crippen molar-refractivity contribution in [3.8, 4) is 0 Å². The molecule has 0 aliphatic heterocycles. The van der Waals surface area contributed by atoms with Gasteiger partial charge in [0, 0.05) is 6.54 Å². The molecule has 0 saturated carbocycles. The van der Waals surface area contributed by atoms with Crippen molar-refractivity contribution in [2.24, 2.45) is 5.73 Å². The number of primary amides is 1. The minimum Gasteiger partial charge on any atom is -0.369 e. The SMILES string of the molecule is CC.CS(=O)(=O)N(CC(N)=O)Cc1ccccc1. The van der Waals surface area contributed by atoms with Gasteiger partial charge in [-0.1, -0.05) is 44.2 Å². The summed E-state index contributed by atoms with van der Waals surface area (Å²) in [6, 6.07) is 9.03. The van der Waals surface area contributed by atoms with E-state index in [1.807, 2.05) is 19.9 Å². The van der Waals surface area contributed by atoms with Gasteiger partial charge in [0.1, 0.15) is 0 Å². The van der Waals surface area contributed by atoms with Gasteiger partial charge in [-0.2, -0.15) is 4.31 Å². The molecule has 0 fully saturated rings. The summed E-state index contributed by atoms with van der Waals surface area (Å²) in [4.78, 5) is 10.8. The second kappa shape index (κ2) is 7.84. The Hall–Kier alpha value is -1.40. The summed E-state index contributed by atoms with van der Waals surface area (Å²) in [5, 5.41) is 0. The maximum absolute atomic E-state index is 11.4. The number of hydrogen-bond donors (Lipinski definition) is 1. The van der Waals surface area contributed by atoms with E-state index in [1.165, 1.54) is 0 Å². The van der Waals surface area contributed by atoms with Crippen LogP contribution < -0.4 is 5.73 Å². The Morgan fingerprint density at radius 1 is 1.22 bits per heavy atom. The van der Waals surface area contributed by atoms with Crippen LogP contribution in [0.15, 0.2) is 30.3 Å². The lowest BCUT2D eigenvalue weighted by Crippen LogP contribution is -2.37. The lowest BCUT2D eigenvalue weighted by atomic mass is 10.2. The van der Waals surface area contributed by atoms with Crippen molar-refractivity contribution < 1.29 is 13.2 Å². The fourth-order valence-electron chi connectivity index (χ4n) is 1.25. The van der Waals surface area contributed by atoms with E-state index >= 15 is 0 Å². The van der Waals surface area contributed by atoms with Crippen molar-refractivity contribution in [2.45, 2.75) is 20.4 Å². The van der Waals surface area contributed by atoms with Crippen molar-refractivity contribution in [1.82, 2.24) is 4.31 Å². The third-order valence-corrected chi connectivity index (χ3v) is 3.20. The summed E-state index contributed by atoms with van der Waals surface area (Å²) in [7, 11) is -3.43. The second-order valence-electron chi connectivity index (χ2n) is 3.48. The van der Waals surface area contributed by atoms with Crippen LogP contribution in [0.5, 0.6) is 0 Å². The number of nitrogens with zero attached hydrogens (tertiary/aromatic N) is 1. The molecule has 6 heteroatoms. The Balaban J connectivity index is 0.00000137. The minimum absolute atomic E-state index is 0.155. The molecule has 0 aliphatic rings. The number of carbonyl (C=O) groups excluding carboxylic acids is 1. The van der Waals surface area contributed by atoms with Crippen LogP contribution in [0.3, 0.4) is 0 Å². The number of sulfonamides is 1. The molecule has 0 unspecified atom stereocenters. The molecule has 1 aromatic carbocycles. The molecule has 1 aromatic rings. The molecular weight excluding hydrogens is 252 g/mol. The van der Waals surface area contributed by atoms with E-state index < -0.39 is 15.9 Å². The summed E-state index contributed by atoms with van der Waals surface area (Å²) in [6.45, 7) is 3.86. The number of carbonyl (C=O) groups is 1. The molecule has 0 saturated heterocycles. The van der Waals surface area contributed by atoms with E-state index in [0.717, 1.165) is 16.1 Å². The Bertz CT molecular complexity index is 457. The highest BCUT2D eigenvalue weighted by molar-refractivity contribution is 7.88. The maximum atomic E-state index is 11.4. The van der Waals surface area contributed by atoms with Gasteiger partial charge in [-0.3, -0.25) is 4.79 Å². The number of benzene rings is 1. The van der Waals surface area contributed by atoms with Gasteiger partial charge in [-0.25, -0.2) is 8.42 Å². The van der Waals surface area contributed by atoms with Crippen molar-refractivity contribution in [2.75, 3.05) is 12.8 Å². The molecule has 2 N–H and O–H groups in total. The van der Waals surface area contributed by atoms with Gasteiger partial charge in [0.2, 0.25) is 15.9 Å². The zero-order valence-electron chi connectivity index (χ0n) is 11.0. The predicted octanol–water partition coefficient (Wildman–Crippen LogP) is 0.960. The van der Waals surface area contributed by atoms with Gasteiger partial charge in [-0.05, 0) is 5.56 Å². The summed E-state index contributed by atoms with van der Waals surface area (Å²) in [6.07, 6.45) is 1.05. The fraction of sp³-hybridized carbons (Fsp3) is 0.417. The number of hydrogen-bond acceptors (Lipinski definition) is 3.